The van der Waals surface area contributed by atoms with E-state index in [1.807, 2.05) is 63.2 Å². The van der Waals surface area contributed by atoms with Crippen molar-refractivity contribution in [2.24, 2.45) is 0 Å². The SMILES string of the molecule is Cc1cc(OC(C)C)ccc1-c1ccc(-n2cc(C(C)(C)O)nc2-c2ccccc2C(F)(F)F)cc1. The third-order valence-electron chi connectivity index (χ3n) is 5.83. The lowest BCUT2D eigenvalue weighted by molar-refractivity contribution is -0.137. The van der Waals surface area contributed by atoms with Crippen LogP contribution in [0.25, 0.3) is 28.2 Å². The maximum atomic E-state index is 13.8. The van der Waals surface area contributed by atoms with Crippen molar-refractivity contribution in [3.8, 4) is 34.0 Å². The molecule has 4 nitrogen and oxygen atoms in total. The first kappa shape index (κ1) is 25.5. The summed E-state index contributed by atoms with van der Waals surface area (Å²) in [6, 6.07) is 18.8. The summed E-state index contributed by atoms with van der Waals surface area (Å²) < 4.78 is 48.7. The zero-order valence-corrected chi connectivity index (χ0v) is 20.9. The van der Waals surface area contributed by atoms with Gasteiger partial charge in [0.25, 0.3) is 0 Å². The van der Waals surface area contributed by atoms with E-state index in [4.69, 9.17) is 4.74 Å². The molecule has 1 aromatic heterocycles. The van der Waals surface area contributed by atoms with Gasteiger partial charge in [0.05, 0.1) is 17.4 Å². The molecule has 0 fully saturated rings. The van der Waals surface area contributed by atoms with Crippen LogP contribution in [0.4, 0.5) is 13.2 Å². The summed E-state index contributed by atoms with van der Waals surface area (Å²) in [6.45, 7) is 9.06. The number of aryl methyl sites for hydroxylation is 1. The standard InChI is InChI=1S/C29H29F3N2O2/c1-18(2)36-22-14-15-23(19(3)16-22)20-10-12-21(13-11-20)34-17-26(28(4,5)35)33-27(34)24-8-6-7-9-25(24)29(30,31)32/h6-18,35H,1-5H3. The average Bonchev–Trinajstić information content (AvgIpc) is 3.24. The molecule has 36 heavy (non-hydrogen) atoms. The first-order valence-corrected chi connectivity index (χ1v) is 11.7. The zero-order valence-electron chi connectivity index (χ0n) is 20.9. The second-order valence-corrected chi connectivity index (χ2v) is 9.61. The summed E-state index contributed by atoms with van der Waals surface area (Å²) in [4.78, 5) is 4.43. The van der Waals surface area contributed by atoms with E-state index in [0.29, 0.717) is 5.69 Å². The highest BCUT2D eigenvalue weighted by Crippen LogP contribution is 2.38. The summed E-state index contributed by atoms with van der Waals surface area (Å²) >= 11 is 0. The van der Waals surface area contributed by atoms with Gasteiger partial charge in [-0.15, -0.1) is 0 Å². The predicted octanol–water partition coefficient (Wildman–Crippen LogP) is 7.55. The smallest absolute Gasteiger partial charge is 0.417 e. The van der Waals surface area contributed by atoms with Crippen molar-refractivity contribution in [1.29, 1.82) is 0 Å². The molecule has 0 aliphatic carbocycles. The molecule has 188 valence electrons. The first-order chi connectivity index (χ1) is 16.8. The monoisotopic (exact) mass is 494 g/mol. The van der Waals surface area contributed by atoms with Crippen LogP contribution in [0.15, 0.2) is 72.9 Å². The van der Waals surface area contributed by atoms with Crippen LogP contribution in [0.2, 0.25) is 0 Å². The van der Waals surface area contributed by atoms with Crippen LogP contribution < -0.4 is 4.74 Å². The lowest BCUT2D eigenvalue weighted by Crippen LogP contribution is -2.15. The van der Waals surface area contributed by atoms with Gasteiger partial charge in [-0.05, 0) is 81.6 Å². The van der Waals surface area contributed by atoms with Crippen LogP contribution in [0.3, 0.4) is 0 Å². The van der Waals surface area contributed by atoms with Crippen molar-refractivity contribution in [2.45, 2.75) is 52.5 Å². The van der Waals surface area contributed by atoms with Gasteiger partial charge in [0, 0.05) is 17.4 Å². The Hall–Kier alpha value is -3.58. The van der Waals surface area contributed by atoms with Gasteiger partial charge in [0.1, 0.15) is 17.2 Å². The lowest BCUT2D eigenvalue weighted by atomic mass is 10.00. The van der Waals surface area contributed by atoms with Crippen molar-refractivity contribution < 1.29 is 23.0 Å². The fraction of sp³-hybridized carbons (Fsp3) is 0.276. The van der Waals surface area contributed by atoms with Crippen LogP contribution in [0.1, 0.15) is 44.5 Å². The molecule has 4 rings (SSSR count). The van der Waals surface area contributed by atoms with E-state index in [1.54, 1.807) is 30.7 Å². The number of ether oxygens (including phenoxy) is 1. The second kappa shape index (κ2) is 9.47. The maximum Gasteiger partial charge on any atom is 0.417 e. The molecular formula is C29H29F3N2O2. The van der Waals surface area contributed by atoms with E-state index >= 15 is 0 Å². The van der Waals surface area contributed by atoms with Crippen molar-refractivity contribution in [3.05, 3.63) is 89.7 Å². The molecule has 0 saturated carbocycles. The molecule has 0 aliphatic heterocycles. The average molecular weight is 495 g/mol. The van der Waals surface area contributed by atoms with Crippen molar-refractivity contribution >= 4 is 0 Å². The number of aromatic nitrogens is 2. The van der Waals surface area contributed by atoms with Gasteiger partial charge in [0.15, 0.2) is 0 Å². The Morgan fingerprint density at radius 1 is 0.917 bits per heavy atom. The summed E-state index contributed by atoms with van der Waals surface area (Å²) in [6.07, 6.45) is -2.88. The minimum absolute atomic E-state index is 0.0545. The number of imidazole rings is 1. The Morgan fingerprint density at radius 2 is 1.58 bits per heavy atom. The van der Waals surface area contributed by atoms with Crippen LogP contribution in [-0.2, 0) is 11.8 Å². The fourth-order valence-electron chi connectivity index (χ4n) is 4.09. The molecule has 1 N–H and O–H groups in total. The highest BCUT2D eigenvalue weighted by Gasteiger charge is 2.35. The van der Waals surface area contributed by atoms with E-state index in [9.17, 15) is 18.3 Å². The number of nitrogens with zero attached hydrogens (tertiary/aromatic N) is 2. The van der Waals surface area contributed by atoms with Gasteiger partial charge in [-0.1, -0.05) is 36.4 Å². The van der Waals surface area contributed by atoms with Crippen LogP contribution >= 0.6 is 0 Å². The number of hydrogen-bond acceptors (Lipinski definition) is 3. The summed E-state index contributed by atoms with van der Waals surface area (Å²) in [5, 5.41) is 10.5. The minimum Gasteiger partial charge on any atom is -0.491 e. The predicted molar refractivity (Wildman–Crippen MR) is 135 cm³/mol. The molecule has 0 atom stereocenters. The third kappa shape index (κ3) is 5.31. The summed E-state index contributed by atoms with van der Waals surface area (Å²) in [7, 11) is 0. The second-order valence-electron chi connectivity index (χ2n) is 9.61. The minimum atomic E-state index is -4.55. The van der Waals surface area contributed by atoms with Crippen molar-refractivity contribution in [3.63, 3.8) is 0 Å². The topological polar surface area (TPSA) is 47.3 Å². The molecule has 4 aromatic rings. The molecule has 0 spiro atoms. The lowest BCUT2D eigenvalue weighted by Gasteiger charge is -2.15. The van der Waals surface area contributed by atoms with E-state index in [1.165, 1.54) is 12.1 Å². The van der Waals surface area contributed by atoms with E-state index in [2.05, 4.69) is 4.98 Å². The Labute approximate surface area is 209 Å². The third-order valence-corrected chi connectivity index (χ3v) is 5.83. The summed E-state index contributed by atoms with van der Waals surface area (Å²) in [5.74, 6) is 0.910. The number of alkyl halides is 3. The van der Waals surface area contributed by atoms with Gasteiger partial charge in [0.2, 0.25) is 0 Å². The number of benzene rings is 3. The van der Waals surface area contributed by atoms with Crippen LogP contribution in [-0.4, -0.2) is 20.8 Å². The molecule has 0 aliphatic rings. The van der Waals surface area contributed by atoms with Gasteiger partial charge in [-0.25, -0.2) is 4.98 Å². The number of rotatable bonds is 6. The Balaban J connectivity index is 1.79. The zero-order chi connectivity index (χ0) is 26.3. The molecule has 0 bridgehead atoms. The van der Waals surface area contributed by atoms with Crippen molar-refractivity contribution in [1.82, 2.24) is 9.55 Å². The quantitative estimate of drug-likeness (QED) is 0.301. The normalized spacial score (nSPS) is 12.3. The molecule has 7 heteroatoms. The molecule has 1 heterocycles. The summed E-state index contributed by atoms with van der Waals surface area (Å²) in [5.41, 5.74) is 1.78. The Kier molecular flexibility index (Phi) is 6.71. The van der Waals surface area contributed by atoms with Crippen LogP contribution in [0.5, 0.6) is 5.75 Å². The van der Waals surface area contributed by atoms with Crippen LogP contribution in [0, 0.1) is 6.92 Å². The number of halogens is 3. The molecule has 0 amide bonds. The first-order valence-electron chi connectivity index (χ1n) is 11.7. The molecule has 0 saturated heterocycles. The Morgan fingerprint density at radius 3 is 2.17 bits per heavy atom. The van der Waals surface area contributed by atoms with E-state index in [-0.39, 0.29) is 23.2 Å². The largest absolute Gasteiger partial charge is 0.491 e. The molecule has 3 aromatic carbocycles. The highest BCUT2D eigenvalue weighted by molar-refractivity contribution is 5.70. The fourth-order valence-corrected chi connectivity index (χ4v) is 4.09. The molecule has 0 radical (unpaired) electrons. The molecule has 0 unspecified atom stereocenters. The van der Waals surface area contributed by atoms with E-state index in [0.717, 1.165) is 28.5 Å². The van der Waals surface area contributed by atoms with Gasteiger partial charge >= 0.3 is 6.18 Å². The van der Waals surface area contributed by atoms with Crippen molar-refractivity contribution in [2.75, 3.05) is 0 Å². The molecular weight excluding hydrogens is 465 g/mol. The Bertz CT molecular complexity index is 1360. The van der Waals surface area contributed by atoms with Gasteiger partial charge in [-0.3, -0.25) is 4.57 Å². The van der Waals surface area contributed by atoms with E-state index < -0.39 is 17.3 Å². The number of aliphatic hydroxyl groups is 1. The highest BCUT2D eigenvalue weighted by atomic mass is 19.4. The van der Waals surface area contributed by atoms with Gasteiger partial charge < -0.3 is 9.84 Å². The maximum absolute atomic E-state index is 13.8. The number of hydrogen-bond donors (Lipinski definition) is 1. The van der Waals surface area contributed by atoms with Gasteiger partial charge in [-0.2, -0.15) is 13.2 Å².